The highest BCUT2D eigenvalue weighted by atomic mass is 16.5. The van der Waals surface area contributed by atoms with Gasteiger partial charge in [0.15, 0.2) is 0 Å². The second-order valence-electron chi connectivity index (χ2n) is 4.20. The molecule has 2 rings (SSSR count). The number of urea groups is 1. The minimum atomic E-state index is -0.485. The van der Waals surface area contributed by atoms with Crippen LogP contribution in [0.1, 0.15) is 5.56 Å². The third-order valence-electron chi connectivity index (χ3n) is 2.75. The van der Waals surface area contributed by atoms with Crippen LogP contribution in [0.15, 0.2) is 42.5 Å². The van der Waals surface area contributed by atoms with E-state index in [-0.39, 0.29) is 0 Å². The number of anilines is 3. The number of nitrogens with one attached hydrogen (secondary N) is 2. The van der Waals surface area contributed by atoms with E-state index in [1.165, 1.54) is 7.11 Å². The van der Waals surface area contributed by atoms with Crippen LogP contribution >= 0.6 is 0 Å². The summed E-state index contributed by atoms with van der Waals surface area (Å²) in [6.07, 6.45) is 0. The highest BCUT2D eigenvalue weighted by Gasteiger charge is 2.12. The average Bonchev–Trinajstić information content (AvgIpc) is 2.47. The number of benzene rings is 2. The van der Waals surface area contributed by atoms with Crippen molar-refractivity contribution >= 4 is 23.1 Å². The summed E-state index contributed by atoms with van der Waals surface area (Å²) in [5.74, 6) is 0.414. The molecule has 4 N–H and O–H groups in total. The van der Waals surface area contributed by atoms with E-state index in [1.807, 2.05) is 6.07 Å². The Balaban J connectivity index is 2.18. The molecule has 2 aromatic carbocycles. The smallest absolute Gasteiger partial charge is 0.323 e. The van der Waals surface area contributed by atoms with E-state index in [4.69, 9.17) is 15.7 Å². The number of methoxy groups -OCH3 is 1. The van der Waals surface area contributed by atoms with Gasteiger partial charge < -0.3 is 21.1 Å². The molecular weight excluding hydrogens is 268 g/mol. The van der Waals surface area contributed by atoms with Crippen LogP contribution < -0.4 is 21.1 Å². The molecule has 0 spiro atoms. The molecule has 2 aromatic rings. The van der Waals surface area contributed by atoms with Crippen LogP contribution in [0.25, 0.3) is 0 Å². The SMILES string of the molecule is COc1cccc(C#N)c1NC(=O)Nc1cccc(N)c1. The van der Waals surface area contributed by atoms with Gasteiger partial charge in [0.2, 0.25) is 0 Å². The van der Waals surface area contributed by atoms with Gasteiger partial charge in [-0.25, -0.2) is 4.79 Å². The van der Waals surface area contributed by atoms with Gasteiger partial charge in [0.05, 0.1) is 12.7 Å². The Kier molecular flexibility index (Phi) is 4.26. The monoisotopic (exact) mass is 282 g/mol. The molecular formula is C15H14N4O2. The summed E-state index contributed by atoms with van der Waals surface area (Å²) < 4.78 is 5.14. The fourth-order valence-electron chi connectivity index (χ4n) is 1.82. The first-order valence-electron chi connectivity index (χ1n) is 6.14. The maximum absolute atomic E-state index is 12.0. The number of ether oxygens (including phenoxy) is 1. The molecule has 21 heavy (non-hydrogen) atoms. The lowest BCUT2D eigenvalue weighted by atomic mass is 10.2. The van der Waals surface area contributed by atoms with Gasteiger partial charge in [-0.05, 0) is 30.3 Å². The molecule has 0 fully saturated rings. The lowest BCUT2D eigenvalue weighted by Gasteiger charge is -2.12. The minimum absolute atomic E-state index is 0.317. The highest BCUT2D eigenvalue weighted by Crippen LogP contribution is 2.28. The first kappa shape index (κ1) is 14.2. The van der Waals surface area contributed by atoms with Crippen molar-refractivity contribution in [2.75, 3.05) is 23.5 Å². The number of hydrogen-bond donors (Lipinski definition) is 3. The van der Waals surface area contributed by atoms with Crippen molar-refractivity contribution in [2.45, 2.75) is 0 Å². The van der Waals surface area contributed by atoms with Gasteiger partial charge in [0.25, 0.3) is 0 Å². The number of nitriles is 1. The Morgan fingerprint density at radius 3 is 2.67 bits per heavy atom. The van der Waals surface area contributed by atoms with Crippen LogP contribution in [0.4, 0.5) is 21.9 Å². The zero-order valence-electron chi connectivity index (χ0n) is 11.4. The summed E-state index contributed by atoms with van der Waals surface area (Å²) in [6.45, 7) is 0. The van der Waals surface area contributed by atoms with E-state index >= 15 is 0 Å². The second kappa shape index (κ2) is 6.30. The van der Waals surface area contributed by atoms with E-state index in [0.717, 1.165) is 0 Å². The third kappa shape index (κ3) is 3.42. The van der Waals surface area contributed by atoms with Gasteiger partial charge in [-0.1, -0.05) is 12.1 Å². The summed E-state index contributed by atoms with van der Waals surface area (Å²) in [5.41, 5.74) is 7.38. The fraction of sp³-hybridized carbons (Fsp3) is 0.0667. The van der Waals surface area contributed by atoms with Crippen LogP contribution in [0.2, 0.25) is 0 Å². The largest absolute Gasteiger partial charge is 0.495 e. The molecule has 0 bridgehead atoms. The van der Waals surface area contributed by atoms with Crippen LogP contribution in [0.3, 0.4) is 0 Å². The molecule has 0 heterocycles. The highest BCUT2D eigenvalue weighted by molar-refractivity contribution is 6.01. The van der Waals surface area contributed by atoms with Crippen molar-refractivity contribution in [3.8, 4) is 11.8 Å². The molecule has 0 saturated heterocycles. The quantitative estimate of drug-likeness (QED) is 0.753. The van der Waals surface area contributed by atoms with Gasteiger partial charge in [-0.2, -0.15) is 5.26 Å². The van der Waals surface area contributed by atoms with Crippen molar-refractivity contribution in [2.24, 2.45) is 0 Å². The molecule has 0 unspecified atom stereocenters. The number of nitrogens with zero attached hydrogens (tertiary/aromatic N) is 1. The Morgan fingerprint density at radius 1 is 1.24 bits per heavy atom. The van der Waals surface area contributed by atoms with E-state index in [2.05, 4.69) is 10.6 Å². The van der Waals surface area contributed by atoms with Crippen LogP contribution in [-0.4, -0.2) is 13.1 Å². The molecule has 0 atom stereocenters. The third-order valence-corrected chi connectivity index (χ3v) is 2.75. The molecule has 0 saturated carbocycles. The number of nitrogen functional groups attached to an aromatic ring is 1. The first-order valence-corrected chi connectivity index (χ1v) is 6.14. The lowest BCUT2D eigenvalue weighted by molar-refractivity contribution is 0.262. The number of carbonyl (C=O) groups excluding carboxylic acids is 1. The topological polar surface area (TPSA) is 100 Å². The Bertz CT molecular complexity index is 707. The molecule has 6 heteroatoms. The van der Waals surface area contributed by atoms with Gasteiger partial charge in [-0.15, -0.1) is 0 Å². The molecule has 0 aliphatic carbocycles. The molecule has 0 aliphatic rings. The predicted molar refractivity (Wildman–Crippen MR) is 81.2 cm³/mol. The fourth-order valence-corrected chi connectivity index (χ4v) is 1.82. The molecule has 0 radical (unpaired) electrons. The zero-order valence-corrected chi connectivity index (χ0v) is 11.4. The molecule has 106 valence electrons. The Morgan fingerprint density at radius 2 is 2.00 bits per heavy atom. The van der Waals surface area contributed by atoms with Crippen LogP contribution in [0, 0.1) is 11.3 Å². The summed E-state index contributed by atoms with van der Waals surface area (Å²) in [7, 11) is 1.47. The normalized spacial score (nSPS) is 9.52. The standard InChI is InChI=1S/C15H14N4O2/c1-21-13-7-2-4-10(9-16)14(13)19-15(20)18-12-6-3-5-11(17)8-12/h2-8H,17H2,1H3,(H2,18,19,20). The summed E-state index contributed by atoms with van der Waals surface area (Å²) in [6, 6.07) is 13.3. The second-order valence-corrected chi connectivity index (χ2v) is 4.20. The van der Waals surface area contributed by atoms with Crippen molar-refractivity contribution in [3.63, 3.8) is 0 Å². The van der Waals surface area contributed by atoms with Crippen molar-refractivity contribution in [1.29, 1.82) is 5.26 Å². The van der Waals surface area contributed by atoms with Crippen LogP contribution in [-0.2, 0) is 0 Å². The molecule has 6 nitrogen and oxygen atoms in total. The maximum atomic E-state index is 12.0. The van der Waals surface area contributed by atoms with Crippen molar-refractivity contribution < 1.29 is 9.53 Å². The number of para-hydroxylation sites is 1. The van der Waals surface area contributed by atoms with Crippen LogP contribution in [0.5, 0.6) is 5.75 Å². The Labute approximate surface area is 122 Å². The molecule has 0 aromatic heterocycles. The van der Waals surface area contributed by atoms with Crippen molar-refractivity contribution in [1.82, 2.24) is 0 Å². The van der Waals surface area contributed by atoms with Gasteiger partial charge in [-0.3, -0.25) is 0 Å². The van der Waals surface area contributed by atoms with E-state index < -0.39 is 6.03 Å². The minimum Gasteiger partial charge on any atom is -0.495 e. The molecule has 2 amide bonds. The number of carbonyl (C=O) groups is 1. The van der Waals surface area contributed by atoms with E-state index in [1.54, 1.807) is 42.5 Å². The Hall–Kier alpha value is -3.20. The zero-order chi connectivity index (χ0) is 15.2. The van der Waals surface area contributed by atoms with E-state index in [9.17, 15) is 4.79 Å². The van der Waals surface area contributed by atoms with Crippen molar-refractivity contribution in [3.05, 3.63) is 48.0 Å². The first-order chi connectivity index (χ1) is 10.1. The molecule has 0 aliphatic heterocycles. The van der Waals surface area contributed by atoms with Gasteiger partial charge >= 0.3 is 6.03 Å². The lowest BCUT2D eigenvalue weighted by Crippen LogP contribution is -2.20. The number of rotatable bonds is 3. The maximum Gasteiger partial charge on any atom is 0.323 e. The summed E-state index contributed by atoms with van der Waals surface area (Å²) in [4.78, 5) is 12.0. The van der Waals surface area contributed by atoms with Gasteiger partial charge in [0.1, 0.15) is 17.5 Å². The number of amides is 2. The number of nitrogens with two attached hydrogens (primary N) is 1. The average molecular weight is 282 g/mol. The predicted octanol–water partition coefficient (Wildman–Crippen LogP) is 2.79. The van der Waals surface area contributed by atoms with Gasteiger partial charge in [0, 0.05) is 11.4 Å². The summed E-state index contributed by atoms with van der Waals surface area (Å²) >= 11 is 0. The number of hydrogen-bond acceptors (Lipinski definition) is 4. The summed E-state index contributed by atoms with van der Waals surface area (Å²) in [5, 5.41) is 14.3. The van der Waals surface area contributed by atoms with E-state index in [0.29, 0.717) is 28.4 Å².